The second-order valence-corrected chi connectivity index (χ2v) is 7.56. The minimum absolute atomic E-state index is 0.00327. The van der Waals surface area contributed by atoms with Crippen LogP contribution < -0.4 is 10.6 Å². The van der Waals surface area contributed by atoms with Gasteiger partial charge in [-0.1, -0.05) is 12.8 Å². The molecule has 23 heavy (non-hydrogen) atoms. The van der Waals surface area contributed by atoms with E-state index in [1.54, 1.807) is 22.7 Å². The topological polar surface area (TPSA) is 58.2 Å². The first kappa shape index (κ1) is 16.2. The number of thiophene rings is 2. The maximum Gasteiger partial charge on any atom is 0.309 e. The SMILES string of the molecule is O=C(NCc1ccsc1)C(=O)NCC1(c2ccsc2)CCCC1. The molecule has 2 heterocycles. The van der Waals surface area contributed by atoms with E-state index in [-0.39, 0.29) is 5.41 Å². The van der Waals surface area contributed by atoms with Crippen molar-refractivity contribution in [3.63, 3.8) is 0 Å². The predicted molar refractivity (Wildman–Crippen MR) is 93.6 cm³/mol. The van der Waals surface area contributed by atoms with E-state index >= 15 is 0 Å². The standard InChI is InChI=1S/C17H20N2O2S2/c20-15(18-9-13-3-7-22-10-13)16(21)19-12-17(5-1-2-6-17)14-4-8-23-11-14/h3-4,7-8,10-11H,1-2,5-6,9,12H2,(H,18,20)(H,19,21). The molecule has 6 heteroatoms. The zero-order valence-corrected chi connectivity index (χ0v) is 14.5. The highest BCUT2D eigenvalue weighted by Crippen LogP contribution is 2.41. The molecule has 1 saturated carbocycles. The minimum Gasteiger partial charge on any atom is -0.347 e. The molecule has 0 spiro atoms. The maximum atomic E-state index is 12.1. The highest BCUT2D eigenvalue weighted by Gasteiger charge is 2.36. The lowest BCUT2D eigenvalue weighted by molar-refractivity contribution is -0.139. The van der Waals surface area contributed by atoms with Crippen LogP contribution in [0.3, 0.4) is 0 Å². The van der Waals surface area contributed by atoms with Gasteiger partial charge in [0.2, 0.25) is 0 Å². The molecule has 4 nitrogen and oxygen atoms in total. The van der Waals surface area contributed by atoms with Crippen LogP contribution >= 0.6 is 22.7 Å². The van der Waals surface area contributed by atoms with Gasteiger partial charge in [-0.05, 0) is 57.6 Å². The molecule has 0 saturated heterocycles. The Bertz CT molecular complexity index is 644. The molecule has 0 aliphatic heterocycles. The molecular weight excluding hydrogens is 328 g/mol. The average molecular weight is 348 g/mol. The van der Waals surface area contributed by atoms with Crippen LogP contribution in [-0.2, 0) is 21.5 Å². The molecular formula is C17H20N2O2S2. The summed E-state index contributed by atoms with van der Waals surface area (Å²) < 4.78 is 0. The largest absolute Gasteiger partial charge is 0.347 e. The molecule has 0 bridgehead atoms. The lowest BCUT2D eigenvalue weighted by Crippen LogP contribution is -2.45. The van der Waals surface area contributed by atoms with Crippen molar-refractivity contribution in [2.75, 3.05) is 6.54 Å². The summed E-state index contributed by atoms with van der Waals surface area (Å²) in [6.45, 7) is 0.930. The van der Waals surface area contributed by atoms with Crippen molar-refractivity contribution in [3.05, 3.63) is 44.8 Å². The van der Waals surface area contributed by atoms with E-state index in [2.05, 4.69) is 27.5 Å². The Kier molecular flexibility index (Phi) is 5.13. The van der Waals surface area contributed by atoms with Gasteiger partial charge < -0.3 is 10.6 Å². The van der Waals surface area contributed by atoms with Crippen molar-refractivity contribution < 1.29 is 9.59 Å². The fourth-order valence-corrected chi connectivity index (χ4v) is 4.62. The normalized spacial score (nSPS) is 16.2. The van der Waals surface area contributed by atoms with E-state index in [1.165, 1.54) is 18.4 Å². The van der Waals surface area contributed by atoms with Crippen LogP contribution in [0.15, 0.2) is 33.7 Å². The summed E-state index contributed by atoms with van der Waals surface area (Å²) in [6.07, 6.45) is 4.49. The third-order valence-corrected chi connectivity index (χ3v) is 5.94. The molecule has 1 fully saturated rings. The highest BCUT2D eigenvalue weighted by molar-refractivity contribution is 7.08. The molecule has 1 aliphatic rings. The third kappa shape index (κ3) is 3.82. The number of carbonyl (C=O) groups excluding carboxylic acids is 2. The fraction of sp³-hybridized carbons (Fsp3) is 0.412. The molecule has 0 radical (unpaired) electrons. The minimum atomic E-state index is -0.560. The summed E-state index contributed by atoms with van der Waals surface area (Å²) in [5.74, 6) is -1.10. The number of amides is 2. The van der Waals surface area contributed by atoms with Gasteiger partial charge in [-0.3, -0.25) is 9.59 Å². The van der Waals surface area contributed by atoms with Gasteiger partial charge in [0.25, 0.3) is 0 Å². The lowest BCUT2D eigenvalue weighted by Gasteiger charge is -2.28. The fourth-order valence-electron chi connectivity index (χ4n) is 3.17. The van der Waals surface area contributed by atoms with Gasteiger partial charge in [-0.25, -0.2) is 0 Å². The molecule has 2 aromatic heterocycles. The zero-order valence-electron chi connectivity index (χ0n) is 12.8. The first-order valence-corrected chi connectivity index (χ1v) is 9.68. The van der Waals surface area contributed by atoms with Crippen LogP contribution in [0.2, 0.25) is 0 Å². The number of nitrogens with one attached hydrogen (secondary N) is 2. The number of hydrogen-bond acceptors (Lipinski definition) is 4. The summed E-state index contributed by atoms with van der Waals surface area (Å²) in [7, 11) is 0. The van der Waals surface area contributed by atoms with Crippen LogP contribution in [0.5, 0.6) is 0 Å². The van der Waals surface area contributed by atoms with Crippen LogP contribution in [0, 0.1) is 0 Å². The number of carbonyl (C=O) groups is 2. The smallest absolute Gasteiger partial charge is 0.309 e. The number of rotatable bonds is 5. The molecule has 1 aliphatic carbocycles. The van der Waals surface area contributed by atoms with E-state index in [1.807, 2.05) is 16.8 Å². The van der Waals surface area contributed by atoms with Crippen molar-refractivity contribution in [1.29, 1.82) is 0 Å². The Hall–Kier alpha value is -1.66. The van der Waals surface area contributed by atoms with E-state index in [9.17, 15) is 9.59 Å². The quantitative estimate of drug-likeness (QED) is 0.816. The first-order chi connectivity index (χ1) is 11.2. The Balaban J connectivity index is 1.54. The van der Waals surface area contributed by atoms with Crippen LogP contribution in [-0.4, -0.2) is 18.4 Å². The first-order valence-electron chi connectivity index (χ1n) is 7.79. The van der Waals surface area contributed by atoms with Crippen molar-refractivity contribution in [2.24, 2.45) is 0 Å². The average Bonchev–Trinajstić information content (AvgIpc) is 3.32. The summed E-state index contributed by atoms with van der Waals surface area (Å²) >= 11 is 3.25. The number of hydrogen-bond donors (Lipinski definition) is 2. The Labute approximate surface area is 143 Å². The molecule has 3 rings (SSSR count). The molecule has 0 aromatic carbocycles. The van der Waals surface area contributed by atoms with Crippen molar-refractivity contribution in [3.8, 4) is 0 Å². The van der Waals surface area contributed by atoms with E-state index < -0.39 is 11.8 Å². The Morgan fingerprint density at radius 1 is 1.00 bits per heavy atom. The predicted octanol–water partition coefficient (Wildman–Crippen LogP) is 3.05. The van der Waals surface area contributed by atoms with Gasteiger partial charge in [0.1, 0.15) is 0 Å². The van der Waals surface area contributed by atoms with Crippen molar-refractivity contribution in [2.45, 2.75) is 37.6 Å². The van der Waals surface area contributed by atoms with Gasteiger partial charge in [-0.2, -0.15) is 22.7 Å². The monoisotopic (exact) mass is 348 g/mol. The summed E-state index contributed by atoms with van der Waals surface area (Å²) in [5.41, 5.74) is 2.31. The molecule has 2 N–H and O–H groups in total. The summed E-state index contributed by atoms with van der Waals surface area (Å²) in [6, 6.07) is 4.08. The summed E-state index contributed by atoms with van der Waals surface area (Å²) in [4.78, 5) is 24.0. The van der Waals surface area contributed by atoms with Gasteiger partial charge in [0, 0.05) is 18.5 Å². The maximum absolute atomic E-state index is 12.1. The van der Waals surface area contributed by atoms with E-state index in [0.29, 0.717) is 13.1 Å². The van der Waals surface area contributed by atoms with E-state index in [0.717, 1.165) is 18.4 Å². The van der Waals surface area contributed by atoms with Crippen LogP contribution in [0.4, 0.5) is 0 Å². The zero-order chi connectivity index (χ0) is 16.1. The molecule has 122 valence electrons. The van der Waals surface area contributed by atoms with Gasteiger partial charge >= 0.3 is 11.8 Å². The van der Waals surface area contributed by atoms with Crippen molar-refractivity contribution >= 4 is 34.5 Å². The molecule has 2 aromatic rings. The second kappa shape index (κ2) is 7.27. The highest BCUT2D eigenvalue weighted by atomic mass is 32.1. The molecule has 2 amide bonds. The second-order valence-electron chi connectivity index (χ2n) is 6.00. The Morgan fingerprint density at radius 3 is 2.35 bits per heavy atom. The van der Waals surface area contributed by atoms with Gasteiger partial charge in [0.15, 0.2) is 0 Å². The lowest BCUT2D eigenvalue weighted by atomic mass is 9.80. The molecule has 0 atom stereocenters. The van der Waals surface area contributed by atoms with Crippen LogP contribution in [0.1, 0.15) is 36.8 Å². The van der Waals surface area contributed by atoms with E-state index in [4.69, 9.17) is 0 Å². The van der Waals surface area contributed by atoms with Gasteiger partial charge in [-0.15, -0.1) is 0 Å². The van der Waals surface area contributed by atoms with Crippen LogP contribution in [0.25, 0.3) is 0 Å². The third-order valence-electron chi connectivity index (χ3n) is 4.52. The Morgan fingerprint density at radius 2 is 1.70 bits per heavy atom. The van der Waals surface area contributed by atoms with Gasteiger partial charge in [0.05, 0.1) is 0 Å². The van der Waals surface area contributed by atoms with Crippen molar-refractivity contribution in [1.82, 2.24) is 10.6 Å². The molecule has 0 unspecified atom stereocenters. The summed E-state index contributed by atoms with van der Waals surface area (Å²) in [5, 5.41) is 13.7.